The van der Waals surface area contributed by atoms with Crippen LogP contribution in [0.25, 0.3) is 0 Å². The van der Waals surface area contributed by atoms with Crippen molar-refractivity contribution in [3.63, 3.8) is 0 Å². The number of nitrogens with two attached hydrogens (primary N) is 1. The van der Waals surface area contributed by atoms with Gasteiger partial charge in [-0.1, -0.05) is 34.8 Å². The van der Waals surface area contributed by atoms with Crippen LogP contribution in [-0.4, -0.2) is 10.9 Å². The van der Waals surface area contributed by atoms with E-state index in [0.717, 1.165) is 12.3 Å². The van der Waals surface area contributed by atoms with E-state index in [1.54, 1.807) is 0 Å². The van der Waals surface area contributed by atoms with Gasteiger partial charge >= 0.3 is 0 Å². The Balaban J connectivity index is 2.32. The molecule has 0 aliphatic heterocycles. The van der Waals surface area contributed by atoms with Gasteiger partial charge in [0.25, 0.3) is 5.91 Å². The Bertz CT molecular complexity index is 694. The Morgan fingerprint density at radius 2 is 1.80 bits per heavy atom. The minimum absolute atomic E-state index is 0.0971. The van der Waals surface area contributed by atoms with Crippen LogP contribution < -0.4 is 11.1 Å². The molecule has 4 nitrogen and oxygen atoms in total. The third kappa shape index (κ3) is 3.12. The number of nitrogens with zero attached hydrogens (tertiary/aromatic N) is 1. The van der Waals surface area contributed by atoms with Crippen molar-refractivity contribution in [3.8, 4) is 0 Å². The summed E-state index contributed by atoms with van der Waals surface area (Å²) in [5.41, 5.74) is 5.64. The Kier molecular flexibility index (Phi) is 4.32. The number of pyridine rings is 1. The molecule has 0 fully saturated rings. The second kappa shape index (κ2) is 5.83. The van der Waals surface area contributed by atoms with Crippen molar-refractivity contribution in [2.24, 2.45) is 0 Å². The van der Waals surface area contributed by atoms with Gasteiger partial charge in [-0.2, -0.15) is 0 Å². The molecule has 0 spiro atoms. The number of hydrogen-bond acceptors (Lipinski definition) is 3. The highest BCUT2D eigenvalue weighted by Gasteiger charge is 2.15. The standard InChI is InChI=1S/C12H7Cl3FN3O/c13-7-2-9(15)10(3-8(7)14)19-12(20)6-1-5(16)4-18-11(6)17/h1-4H,(H2,17,18)(H,19,20). The van der Waals surface area contributed by atoms with E-state index < -0.39 is 11.7 Å². The number of carbonyl (C=O) groups is 1. The number of carbonyl (C=O) groups excluding carboxylic acids is 1. The predicted molar refractivity (Wildman–Crippen MR) is 78.0 cm³/mol. The lowest BCUT2D eigenvalue weighted by atomic mass is 10.2. The summed E-state index contributed by atoms with van der Waals surface area (Å²) < 4.78 is 13.1. The Morgan fingerprint density at radius 3 is 2.50 bits per heavy atom. The normalized spacial score (nSPS) is 10.4. The average Bonchev–Trinajstić information content (AvgIpc) is 2.38. The Hall–Kier alpha value is -1.56. The van der Waals surface area contributed by atoms with E-state index >= 15 is 0 Å². The van der Waals surface area contributed by atoms with Crippen molar-refractivity contribution in [1.29, 1.82) is 0 Å². The third-order valence-corrected chi connectivity index (χ3v) is 3.42. The molecule has 0 saturated carbocycles. The fourth-order valence-corrected chi connectivity index (χ4v) is 2.03. The molecular formula is C12H7Cl3FN3O. The number of halogens is 4. The molecule has 0 atom stereocenters. The lowest BCUT2D eigenvalue weighted by Crippen LogP contribution is -2.15. The van der Waals surface area contributed by atoms with Crippen LogP contribution in [0.2, 0.25) is 15.1 Å². The first-order valence-corrected chi connectivity index (χ1v) is 6.39. The maximum absolute atomic E-state index is 13.1. The van der Waals surface area contributed by atoms with E-state index in [9.17, 15) is 9.18 Å². The lowest BCUT2D eigenvalue weighted by molar-refractivity contribution is 0.102. The molecule has 104 valence electrons. The number of benzene rings is 1. The highest BCUT2D eigenvalue weighted by Crippen LogP contribution is 2.32. The van der Waals surface area contributed by atoms with E-state index in [1.165, 1.54) is 12.1 Å². The van der Waals surface area contributed by atoms with Gasteiger partial charge in [0.1, 0.15) is 11.6 Å². The van der Waals surface area contributed by atoms with Crippen LogP contribution in [0.15, 0.2) is 24.4 Å². The van der Waals surface area contributed by atoms with Crippen LogP contribution in [0.3, 0.4) is 0 Å². The summed E-state index contributed by atoms with van der Waals surface area (Å²) in [6, 6.07) is 3.74. The molecule has 0 bridgehead atoms. The van der Waals surface area contributed by atoms with Crippen LogP contribution in [-0.2, 0) is 0 Å². The van der Waals surface area contributed by atoms with E-state index in [1.807, 2.05) is 0 Å². The topological polar surface area (TPSA) is 68.0 Å². The van der Waals surface area contributed by atoms with Crippen molar-refractivity contribution in [3.05, 3.63) is 50.8 Å². The zero-order chi connectivity index (χ0) is 14.9. The second-order valence-corrected chi connectivity index (χ2v) is 5.01. The number of anilines is 2. The van der Waals surface area contributed by atoms with Crippen LogP contribution in [0.5, 0.6) is 0 Å². The molecular weight excluding hydrogens is 328 g/mol. The van der Waals surface area contributed by atoms with Crippen LogP contribution in [0.4, 0.5) is 15.9 Å². The van der Waals surface area contributed by atoms with Gasteiger partial charge < -0.3 is 11.1 Å². The summed E-state index contributed by atoms with van der Waals surface area (Å²) in [7, 11) is 0. The van der Waals surface area contributed by atoms with Gasteiger partial charge in [0, 0.05) is 0 Å². The average molecular weight is 335 g/mol. The first-order valence-electron chi connectivity index (χ1n) is 5.25. The fourth-order valence-electron chi connectivity index (χ4n) is 1.44. The van der Waals surface area contributed by atoms with Gasteiger partial charge in [-0.15, -0.1) is 0 Å². The lowest BCUT2D eigenvalue weighted by Gasteiger charge is -2.09. The number of aromatic nitrogens is 1. The molecule has 1 aromatic carbocycles. The molecule has 1 aromatic heterocycles. The van der Waals surface area contributed by atoms with Gasteiger partial charge in [0.15, 0.2) is 0 Å². The molecule has 0 aliphatic rings. The van der Waals surface area contributed by atoms with Gasteiger partial charge in [-0.3, -0.25) is 4.79 Å². The van der Waals surface area contributed by atoms with Crippen molar-refractivity contribution < 1.29 is 9.18 Å². The van der Waals surface area contributed by atoms with Crippen LogP contribution in [0.1, 0.15) is 10.4 Å². The van der Waals surface area contributed by atoms with Crippen molar-refractivity contribution >= 4 is 52.2 Å². The van der Waals surface area contributed by atoms with Crippen molar-refractivity contribution in [2.45, 2.75) is 0 Å². The number of amides is 1. The van der Waals surface area contributed by atoms with Crippen molar-refractivity contribution in [1.82, 2.24) is 4.98 Å². The number of nitrogens with one attached hydrogen (secondary N) is 1. The first-order chi connectivity index (χ1) is 9.38. The Morgan fingerprint density at radius 1 is 1.15 bits per heavy atom. The summed E-state index contributed by atoms with van der Waals surface area (Å²) >= 11 is 17.5. The number of hydrogen-bond donors (Lipinski definition) is 2. The van der Waals surface area contributed by atoms with Crippen molar-refractivity contribution in [2.75, 3.05) is 11.1 Å². The zero-order valence-electron chi connectivity index (χ0n) is 9.75. The molecule has 0 unspecified atom stereocenters. The Labute approximate surface area is 128 Å². The molecule has 0 saturated heterocycles. The minimum atomic E-state index is -0.676. The molecule has 1 heterocycles. The zero-order valence-corrected chi connectivity index (χ0v) is 12.0. The highest BCUT2D eigenvalue weighted by molar-refractivity contribution is 6.44. The summed E-state index contributed by atoms with van der Waals surface area (Å²) in [6.45, 7) is 0. The second-order valence-electron chi connectivity index (χ2n) is 3.79. The maximum atomic E-state index is 13.1. The SMILES string of the molecule is Nc1ncc(F)cc1C(=O)Nc1cc(Cl)c(Cl)cc1Cl. The summed E-state index contributed by atoms with van der Waals surface area (Å²) in [5, 5.41) is 3.12. The largest absolute Gasteiger partial charge is 0.383 e. The number of nitrogen functional groups attached to an aromatic ring is 1. The molecule has 20 heavy (non-hydrogen) atoms. The smallest absolute Gasteiger partial charge is 0.259 e. The molecule has 2 aromatic rings. The molecule has 8 heteroatoms. The summed E-state index contributed by atoms with van der Waals surface area (Å²) in [4.78, 5) is 15.6. The van der Waals surface area contributed by atoms with Gasteiger partial charge in [0.2, 0.25) is 0 Å². The number of rotatable bonds is 2. The van der Waals surface area contributed by atoms with E-state index in [-0.39, 0.29) is 32.1 Å². The quantitative estimate of drug-likeness (QED) is 0.815. The van der Waals surface area contributed by atoms with Gasteiger partial charge in [0.05, 0.1) is 32.5 Å². The summed E-state index contributed by atoms with van der Waals surface area (Å²) in [6.07, 6.45) is 0.915. The van der Waals surface area contributed by atoms with Crippen LogP contribution >= 0.6 is 34.8 Å². The first kappa shape index (κ1) is 14.8. The van der Waals surface area contributed by atoms with E-state index in [2.05, 4.69) is 10.3 Å². The molecule has 3 N–H and O–H groups in total. The monoisotopic (exact) mass is 333 g/mol. The van der Waals surface area contributed by atoms with Crippen LogP contribution in [0, 0.1) is 5.82 Å². The maximum Gasteiger partial charge on any atom is 0.259 e. The van der Waals surface area contributed by atoms with Gasteiger partial charge in [-0.25, -0.2) is 9.37 Å². The van der Waals surface area contributed by atoms with E-state index in [4.69, 9.17) is 40.5 Å². The third-order valence-electron chi connectivity index (χ3n) is 2.39. The van der Waals surface area contributed by atoms with E-state index in [0.29, 0.717) is 0 Å². The molecule has 0 radical (unpaired) electrons. The molecule has 2 rings (SSSR count). The molecule has 1 amide bonds. The van der Waals surface area contributed by atoms with Gasteiger partial charge in [-0.05, 0) is 18.2 Å². The summed E-state index contributed by atoms with van der Waals surface area (Å²) in [5.74, 6) is -1.43. The highest BCUT2D eigenvalue weighted by atomic mass is 35.5. The molecule has 0 aliphatic carbocycles. The predicted octanol–water partition coefficient (Wildman–Crippen LogP) is 4.02. The minimum Gasteiger partial charge on any atom is -0.383 e. The fraction of sp³-hybridized carbons (Fsp3) is 0.